The van der Waals surface area contributed by atoms with Crippen LogP contribution in [0, 0.1) is 5.82 Å². The van der Waals surface area contributed by atoms with Crippen molar-refractivity contribution in [3.8, 4) is 16.9 Å². The van der Waals surface area contributed by atoms with Gasteiger partial charge in [0.05, 0.1) is 24.8 Å². The number of benzene rings is 2. The first kappa shape index (κ1) is 27.0. The average molecular weight is 505 g/mol. The predicted molar refractivity (Wildman–Crippen MR) is 136 cm³/mol. The van der Waals surface area contributed by atoms with Gasteiger partial charge in [0.15, 0.2) is 11.6 Å². The lowest BCUT2D eigenvalue weighted by Gasteiger charge is -2.14. The molecule has 1 aromatic heterocycles. The van der Waals surface area contributed by atoms with Gasteiger partial charge in [-0.15, -0.1) is 0 Å². The Kier molecular flexibility index (Phi) is 9.93. The zero-order chi connectivity index (χ0) is 25.3. The summed E-state index contributed by atoms with van der Waals surface area (Å²) in [5.74, 6) is -0.0552. The Bertz CT molecular complexity index is 1110. The van der Waals surface area contributed by atoms with Crippen LogP contribution < -0.4 is 15.4 Å². The van der Waals surface area contributed by atoms with Crippen molar-refractivity contribution in [2.24, 2.45) is 0 Å². The Balaban J connectivity index is 1.55. The van der Waals surface area contributed by atoms with Crippen LogP contribution in [0.2, 0.25) is 0 Å². The first-order valence-electron chi connectivity index (χ1n) is 11.8. The van der Waals surface area contributed by atoms with Gasteiger partial charge in [-0.05, 0) is 81.1 Å². The minimum Gasteiger partial charge on any atom is -0.488 e. The Labute approximate surface area is 205 Å². The maximum atomic E-state index is 14.2. The van der Waals surface area contributed by atoms with Crippen LogP contribution in [0.4, 0.5) is 10.1 Å². The zero-order valence-electron chi connectivity index (χ0n) is 20.2. The predicted octanol–water partition coefficient (Wildman–Crippen LogP) is 5.58. The smallest absolute Gasteiger partial charge is 0.325 e. The molecule has 0 aliphatic carbocycles. The van der Waals surface area contributed by atoms with E-state index in [2.05, 4.69) is 16.7 Å². The number of rotatable bonds is 14. The molecule has 0 saturated carbocycles. The van der Waals surface area contributed by atoms with Crippen molar-refractivity contribution in [3.05, 3.63) is 71.9 Å². The summed E-state index contributed by atoms with van der Waals surface area (Å²) >= 11 is 0. The van der Waals surface area contributed by atoms with Crippen LogP contribution in [-0.4, -0.2) is 35.1 Å². The van der Waals surface area contributed by atoms with Gasteiger partial charge < -0.3 is 29.6 Å². The molecule has 3 aromatic rings. The van der Waals surface area contributed by atoms with Crippen LogP contribution in [0.3, 0.4) is 0 Å². The van der Waals surface area contributed by atoms with Crippen molar-refractivity contribution in [3.63, 3.8) is 0 Å². The van der Waals surface area contributed by atoms with E-state index in [0.29, 0.717) is 19.5 Å². The molecule has 3 rings (SSSR count). The summed E-state index contributed by atoms with van der Waals surface area (Å²) in [7, 11) is -3.95. The molecule has 0 aliphatic heterocycles. The number of furan rings is 1. The normalized spacial score (nSPS) is 11.7. The molecule has 4 N–H and O–H groups in total. The molecule has 0 unspecified atom stereocenters. The number of anilines is 1. The fourth-order valence-electron chi connectivity index (χ4n) is 3.72. The number of hydrogen-bond acceptors (Lipinski definition) is 5. The standard InChI is InChI=1S/C26H34FN2O5P/c1-19(2)34-26-9-7-20(16-24(26)27)5-3-12-29-25-8-6-21(15-23(25)22-10-13-33-18-22)17-28-11-4-14-35(30,31)32/h6-10,13,15-16,18-19,28-29H,3-5,11-12,14,17H2,1-2H3,(H2,30,31,32). The molecule has 9 heteroatoms. The van der Waals surface area contributed by atoms with Gasteiger partial charge in [-0.1, -0.05) is 12.1 Å². The van der Waals surface area contributed by atoms with E-state index in [4.69, 9.17) is 18.9 Å². The van der Waals surface area contributed by atoms with E-state index in [-0.39, 0.29) is 23.8 Å². The Hall–Kier alpha value is -2.64. The third-order valence-electron chi connectivity index (χ3n) is 5.36. The van der Waals surface area contributed by atoms with Gasteiger partial charge in [-0.3, -0.25) is 4.57 Å². The van der Waals surface area contributed by atoms with Gasteiger partial charge in [0.2, 0.25) is 0 Å². The van der Waals surface area contributed by atoms with E-state index in [1.807, 2.05) is 38.1 Å². The number of ether oxygens (including phenoxy) is 1. The van der Waals surface area contributed by atoms with Crippen molar-refractivity contribution in [1.29, 1.82) is 0 Å². The van der Waals surface area contributed by atoms with Gasteiger partial charge in [0.25, 0.3) is 0 Å². The summed E-state index contributed by atoms with van der Waals surface area (Å²) in [5, 5.41) is 6.71. The van der Waals surface area contributed by atoms with Crippen molar-refractivity contribution in [2.75, 3.05) is 24.6 Å². The second-order valence-electron chi connectivity index (χ2n) is 8.77. The molecular formula is C26H34FN2O5P. The quantitative estimate of drug-likeness (QED) is 0.168. The van der Waals surface area contributed by atoms with Gasteiger partial charge in [0.1, 0.15) is 0 Å². The molecule has 0 amide bonds. The number of aryl methyl sites for hydroxylation is 1. The molecule has 1 heterocycles. The summed E-state index contributed by atoms with van der Waals surface area (Å²) in [5.41, 5.74) is 4.93. The monoisotopic (exact) mass is 504 g/mol. The average Bonchev–Trinajstić information content (AvgIpc) is 3.32. The summed E-state index contributed by atoms with van der Waals surface area (Å²) < 4.78 is 35.9. The largest absolute Gasteiger partial charge is 0.488 e. The summed E-state index contributed by atoms with van der Waals surface area (Å²) in [6, 6.07) is 13.1. The highest BCUT2D eigenvalue weighted by Gasteiger charge is 2.12. The molecule has 0 radical (unpaired) electrons. The second-order valence-corrected chi connectivity index (χ2v) is 10.5. The lowest BCUT2D eigenvalue weighted by atomic mass is 10.0. The van der Waals surface area contributed by atoms with E-state index < -0.39 is 7.60 Å². The highest BCUT2D eigenvalue weighted by Crippen LogP contribution is 2.34. The second kappa shape index (κ2) is 12.9. The van der Waals surface area contributed by atoms with Gasteiger partial charge in [-0.25, -0.2) is 4.39 Å². The molecule has 0 spiro atoms. The molecule has 0 fully saturated rings. The van der Waals surface area contributed by atoms with Gasteiger partial charge in [-0.2, -0.15) is 0 Å². The van der Waals surface area contributed by atoms with Crippen LogP contribution in [0.15, 0.2) is 59.4 Å². The summed E-state index contributed by atoms with van der Waals surface area (Å²) in [6.45, 7) is 5.58. The number of halogens is 1. The first-order valence-corrected chi connectivity index (χ1v) is 13.6. The van der Waals surface area contributed by atoms with Crippen LogP contribution in [-0.2, 0) is 17.5 Å². The van der Waals surface area contributed by atoms with E-state index >= 15 is 0 Å². The van der Waals surface area contributed by atoms with Gasteiger partial charge >= 0.3 is 7.60 Å². The molecule has 2 aromatic carbocycles. The number of hydrogen-bond donors (Lipinski definition) is 4. The fourth-order valence-corrected chi connectivity index (χ4v) is 4.29. The number of nitrogens with one attached hydrogen (secondary N) is 2. The van der Waals surface area contributed by atoms with E-state index in [1.54, 1.807) is 18.6 Å². The third kappa shape index (κ3) is 9.15. The van der Waals surface area contributed by atoms with E-state index in [1.165, 1.54) is 6.07 Å². The van der Waals surface area contributed by atoms with Crippen molar-refractivity contribution >= 4 is 13.3 Å². The maximum Gasteiger partial charge on any atom is 0.325 e. The lowest BCUT2D eigenvalue weighted by molar-refractivity contribution is 0.231. The summed E-state index contributed by atoms with van der Waals surface area (Å²) in [6.07, 6.45) is 5.12. The van der Waals surface area contributed by atoms with E-state index in [0.717, 1.165) is 47.3 Å². The topological polar surface area (TPSA) is 104 Å². The third-order valence-corrected chi connectivity index (χ3v) is 6.26. The fraction of sp³-hybridized carbons (Fsp3) is 0.385. The molecule has 7 nitrogen and oxygen atoms in total. The van der Waals surface area contributed by atoms with Gasteiger partial charge in [0, 0.05) is 29.9 Å². The maximum absolute atomic E-state index is 14.2. The zero-order valence-corrected chi connectivity index (χ0v) is 21.1. The molecule has 0 aliphatic rings. The van der Waals surface area contributed by atoms with Crippen LogP contribution in [0.5, 0.6) is 5.75 Å². The molecule has 0 atom stereocenters. The molecular weight excluding hydrogens is 470 g/mol. The SMILES string of the molecule is CC(C)Oc1ccc(CCCNc2ccc(CNCCCP(=O)(O)O)cc2-c2ccoc2)cc1F. The van der Waals surface area contributed by atoms with Crippen molar-refractivity contribution in [2.45, 2.75) is 45.8 Å². The van der Waals surface area contributed by atoms with E-state index in [9.17, 15) is 8.96 Å². The minimum absolute atomic E-state index is 0.0704. The molecule has 190 valence electrons. The Morgan fingerprint density at radius 2 is 1.86 bits per heavy atom. The van der Waals surface area contributed by atoms with Crippen molar-refractivity contribution < 1.29 is 27.9 Å². The Morgan fingerprint density at radius 1 is 1.06 bits per heavy atom. The highest BCUT2D eigenvalue weighted by molar-refractivity contribution is 7.51. The molecule has 35 heavy (non-hydrogen) atoms. The summed E-state index contributed by atoms with van der Waals surface area (Å²) in [4.78, 5) is 17.9. The molecule has 0 saturated heterocycles. The lowest BCUT2D eigenvalue weighted by Crippen LogP contribution is -2.16. The minimum atomic E-state index is -3.95. The van der Waals surface area contributed by atoms with Crippen molar-refractivity contribution in [1.82, 2.24) is 5.32 Å². The Morgan fingerprint density at radius 3 is 2.54 bits per heavy atom. The molecule has 0 bridgehead atoms. The highest BCUT2D eigenvalue weighted by atomic mass is 31.2. The van der Waals surface area contributed by atoms with Crippen LogP contribution in [0.1, 0.15) is 37.8 Å². The first-order chi connectivity index (χ1) is 16.7. The van der Waals surface area contributed by atoms with Crippen LogP contribution >= 0.6 is 7.60 Å². The van der Waals surface area contributed by atoms with Crippen LogP contribution in [0.25, 0.3) is 11.1 Å².